The average molecular weight is 552 g/mol. The van der Waals surface area contributed by atoms with Crippen molar-refractivity contribution in [2.45, 2.75) is 33.2 Å². The van der Waals surface area contributed by atoms with Crippen LogP contribution in [0.15, 0.2) is 42.6 Å². The molecule has 1 amide bonds. The van der Waals surface area contributed by atoms with Crippen molar-refractivity contribution in [3.05, 3.63) is 59.0 Å². The number of rotatable bonds is 6. The molecule has 6 rings (SSSR count). The van der Waals surface area contributed by atoms with Crippen molar-refractivity contribution in [3.8, 4) is 11.3 Å². The van der Waals surface area contributed by atoms with Gasteiger partial charge in [-0.3, -0.25) is 9.69 Å². The monoisotopic (exact) mass is 551 g/mol. The van der Waals surface area contributed by atoms with Crippen LogP contribution < -0.4 is 4.90 Å². The topological polar surface area (TPSA) is 61.9 Å². The predicted octanol–water partition coefficient (Wildman–Crippen LogP) is 4.59. The van der Waals surface area contributed by atoms with Gasteiger partial charge >= 0.3 is 0 Å². The number of nitrogens with zero attached hydrogens (tertiary/aromatic N) is 7. The van der Waals surface area contributed by atoms with E-state index in [1.165, 1.54) is 11.4 Å². The maximum absolute atomic E-state index is 13.3. The number of piperazine rings is 1. The van der Waals surface area contributed by atoms with Crippen LogP contribution in [0.3, 0.4) is 0 Å². The zero-order valence-corrected chi connectivity index (χ0v) is 23.6. The van der Waals surface area contributed by atoms with E-state index in [1.54, 1.807) is 11.3 Å². The number of aryl methyl sites for hydroxylation is 2. The Bertz CT molecular complexity index is 1360. The number of carbonyl (C=O) groups is 1. The molecule has 0 N–H and O–H groups in total. The third kappa shape index (κ3) is 5.19. The molecular weight excluding hydrogens is 518 g/mol. The molecule has 2 aliphatic heterocycles. The molecule has 10 heteroatoms. The van der Waals surface area contributed by atoms with Gasteiger partial charge in [0.1, 0.15) is 0 Å². The van der Waals surface area contributed by atoms with Crippen LogP contribution in [0.4, 0.5) is 5.13 Å². The molecule has 0 aliphatic carbocycles. The van der Waals surface area contributed by atoms with Gasteiger partial charge in [-0.15, -0.1) is 5.10 Å². The molecule has 4 aromatic rings. The van der Waals surface area contributed by atoms with Crippen LogP contribution in [0.25, 0.3) is 16.2 Å². The molecule has 2 aliphatic rings. The standard InChI is InChI=1S/C28H34ClN7OS/c1-20-3-4-21(2)35(20)18-15-32-13-16-33(17-14-32)26(37)23-9-11-34(12-10-23)28-31-36-19-25(30-27(36)38-28)22-5-7-24(29)8-6-22/h3-8,19,23H,9-18H2,1-2H3. The number of fused-ring (bicyclic) bond motifs is 1. The van der Waals surface area contributed by atoms with Gasteiger partial charge in [-0.1, -0.05) is 35.1 Å². The Labute approximate surface area is 232 Å². The maximum Gasteiger partial charge on any atom is 0.225 e. The minimum absolute atomic E-state index is 0.114. The molecule has 8 nitrogen and oxygen atoms in total. The number of aromatic nitrogens is 4. The van der Waals surface area contributed by atoms with E-state index in [9.17, 15) is 4.79 Å². The summed E-state index contributed by atoms with van der Waals surface area (Å²) in [6.45, 7) is 11.7. The summed E-state index contributed by atoms with van der Waals surface area (Å²) in [4.78, 5) is 25.8. The van der Waals surface area contributed by atoms with Gasteiger partial charge in [0.15, 0.2) is 0 Å². The summed E-state index contributed by atoms with van der Waals surface area (Å²) in [5.74, 6) is 0.450. The number of benzene rings is 1. The van der Waals surface area contributed by atoms with Crippen molar-refractivity contribution in [3.63, 3.8) is 0 Å². The molecule has 38 heavy (non-hydrogen) atoms. The number of piperidine rings is 1. The fourth-order valence-electron chi connectivity index (χ4n) is 5.64. The first-order valence-corrected chi connectivity index (χ1v) is 14.6. The lowest BCUT2D eigenvalue weighted by Crippen LogP contribution is -2.52. The second kappa shape index (κ2) is 10.7. The quantitative estimate of drug-likeness (QED) is 0.351. The Morgan fingerprint density at radius 3 is 2.29 bits per heavy atom. The van der Waals surface area contributed by atoms with Crippen LogP contribution in [0.2, 0.25) is 5.02 Å². The SMILES string of the molecule is Cc1ccc(C)n1CCN1CCN(C(=O)C2CCN(c3nn4cc(-c5ccc(Cl)cc5)nc4s3)CC2)CC1. The lowest BCUT2D eigenvalue weighted by atomic mass is 9.95. The third-order valence-electron chi connectivity index (χ3n) is 8.03. The smallest absolute Gasteiger partial charge is 0.225 e. The molecule has 1 aromatic carbocycles. The van der Waals surface area contributed by atoms with Crippen molar-refractivity contribution < 1.29 is 4.79 Å². The number of amides is 1. The molecule has 2 fully saturated rings. The van der Waals surface area contributed by atoms with Gasteiger partial charge in [0.2, 0.25) is 16.0 Å². The normalized spacial score (nSPS) is 17.6. The van der Waals surface area contributed by atoms with E-state index in [-0.39, 0.29) is 5.92 Å². The number of hydrogen-bond donors (Lipinski definition) is 0. The number of halogens is 1. The zero-order chi connectivity index (χ0) is 26.2. The highest BCUT2D eigenvalue weighted by Gasteiger charge is 2.31. The van der Waals surface area contributed by atoms with Crippen LogP contribution in [0.1, 0.15) is 24.2 Å². The second-order valence-electron chi connectivity index (χ2n) is 10.4. The van der Waals surface area contributed by atoms with Crippen molar-refractivity contribution in [1.29, 1.82) is 0 Å². The van der Waals surface area contributed by atoms with Gasteiger partial charge in [-0.25, -0.2) is 9.50 Å². The van der Waals surface area contributed by atoms with E-state index < -0.39 is 0 Å². The molecule has 0 spiro atoms. The Balaban J connectivity index is 0.986. The van der Waals surface area contributed by atoms with Gasteiger partial charge < -0.3 is 14.4 Å². The van der Waals surface area contributed by atoms with Crippen LogP contribution >= 0.6 is 22.9 Å². The number of hydrogen-bond acceptors (Lipinski definition) is 6. The molecule has 0 bridgehead atoms. The summed E-state index contributed by atoms with van der Waals surface area (Å²) in [5, 5.41) is 6.48. The summed E-state index contributed by atoms with van der Waals surface area (Å²) >= 11 is 7.62. The van der Waals surface area contributed by atoms with Gasteiger partial charge in [-0.05, 0) is 51.0 Å². The summed E-state index contributed by atoms with van der Waals surface area (Å²) in [5.41, 5.74) is 4.56. The summed E-state index contributed by atoms with van der Waals surface area (Å²) < 4.78 is 4.24. The first-order chi connectivity index (χ1) is 18.4. The largest absolute Gasteiger partial charge is 0.348 e. The van der Waals surface area contributed by atoms with E-state index in [4.69, 9.17) is 21.7 Å². The minimum Gasteiger partial charge on any atom is -0.348 e. The Kier molecular flexibility index (Phi) is 7.16. The summed E-state index contributed by atoms with van der Waals surface area (Å²) in [6.07, 6.45) is 3.72. The number of carbonyl (C=O) groups excluding carboxylic acids is 1. The van der Waals surface area contributed by atoms with Crippen molar-refractivity contribution in [2.75, 3.05) is 50.7 Å². The highest BCUT2D eigenvalue weighted by molar-refractivity contribution is 7.20. The first-order valence-electron chi connectivity index (χ1n) is 13.5. The molecule has 0 radical (unpaired) electrons. The second-order valence-corrected chi connectivity index (χ2v) is 11.8. The zero-order valence-electron chi connectivity index (χ0n) is 22.0. The molecule has 0 unspecified atom stereocenters. The third-order valence-corrected chi connectivity index (χ3v) is 9.26. The van der Waals surface area contributed by atoms with Gasteiger partial charge in [-0.2, -0.15) is 0 Å². The summed E-state index contributed by atoms with van der Waals surface area (Å²) in [7, 11) is 0. The van der Waals surface area contributed by atoms with E-state index in [0.29, 0.717) is 10.9 Å². The Hall–Kier alpha value is -2.88. The van der Waals surface area contributed by atoms with E-state index >= 15 is 0 Å². The molecule has 3 aromatic heterocycles. The molecule has 5 heterocycles. The van der Waals surface area contributed by atoms with E-state index in [1.807, 2.05) is 35.0 Å². The first kappa shape index (κ1) is 25.4. The van der Waals surface area contributed by atoms with Crippen molar-refractivity contribution in [1.82, 2.24) is 29.0 Å². The lowest BCUT2D eigenvalue weighted by Gasteiger charge is -2.38. The molecule has 0 atom stereocenters. The van der Waals surface area contributed by atoms with Crippen LogP contribution in [0.5, 0.6) is 0 Å². The van der Waals surface area contributed by atoms with Crippen molar-refractivity contribution in [2.24, 2.45) is 5.92 Å². The summed E-state index contributed by atoms with van der Waals surface area (Å²) in [6, 6.07) is 12.1. The molecule has 2 saturated heterocycles. The fraction of sp³-hybridized carbons (Fsp3) is 0.464. The fourth-order valence-corrected chi connectivity index (χ4v) is 6.70. The molecule has 0 saturated carbocycles. The Morgan fingerprint density at radius 2 is 1.63 bits per heavy atom. The van der Waals surface area contributed by atoms with Crippen LogP contribution in [-0.4, -0.2) is 80.7 Å². The maximum atomic E-state index is 13.3. The van der Waals surface area contributed by atoms with Crippen LogP contribution in [0, 0.1) is 19.8 Å². The minimum atomic E-state index is 0.114. The predicted molar refractivity (Wildman–Crippen MR) is 153 cm³/mol. The van der Waals surface area contributed by atoms with Gasteiger partial charge in [0.25, 0.3) is 0 Å². The molecule has 200 valence electrons. The highest BCUT2D eigenvalue weighted by atomic mass is 35.5. The van der Waals surface area contributed by atoms with Crippen molar-refractivity contribution >= 4 is 38.9 Å². The van der Waals surface area contributed by atoms with E-state index in [2.05, 4.69) is 45.2 Å². The molecular formula is C28H34ClN7OS. The lowest BCUT2D eigenvalue weighted by molar-refractivity contribution is -0.138. The Morgan fingerprint density at radius 1 is 0.947 bits per heavy atom. The van der Waals surface area contributed by atoms with Gasteiger partial charge in [0.05, 0.1) is 11.9 Å². The van der Waals surface area contributed by atoms with Crippen LogP contribution in [-0.2, 0) is 11.3 Å². The van der Waals surface area contributed by atoms with Gasteiger partial charge in [0, 0.05) is 80.2 Å². The van der Waals surface area contributed by atoms with E-state index in [0.717, 1.165) is 86.5 Å². The number of imidazole rings is 1. The highest BCUT2D eigenvalue weighted by Crippen LogP contribution is 2.30. The number of anilines is 1. The average Bonchev–Trinajstić information content (AvgIpc) is 3.61.